The number of aromatic nitrogens is 2. The maximum atomic E-state index is 15.8. The number of anilines is 3. The molecule has 0 radical (unpaired) electrons. The quantitative estimate of drug-likeness (QED) is 0.0937. The number of pyridine rings is 1. The molecule has 4 saturated heterocycles. The molecule has 2 aromatic heterocycles. The number of hydrogen-bond acceptors (Lipinski definition) is 10. The highest BCUT2D eigenvalue weighted by Crippen LogP contribution is 2.34. The van der Waals surface area contributed by atoms with Crippen molar-refractivity contribution < 1.29 is 40.8 Å². The Labute approximate surface area is 391 Å². The summed E-state index contributed by atoms with van der Waals surface area (Å²) in [7, 11) is -4.35. The molecule has 7 heterocycles. The third-order valence-electron chi connectivity index (χ3n) is 14.3. The van der Waals surface area contributed by atoms with E-state index in [1.54, 1.807) is 17.2 Å². The van der Waals surface area contributed by atoms with E-state index >= 15 is 8.78 Å². The summed E-state index contributed by atoms with van der Waals surface area (Å²) >= 11 is 0. The van der Waals surface area contributed by atoms with Gasteiger partial charge in [-0.25, -0.2) is 18.2 Å². The Kier molecular flexibility index (Phi) is 12.5. The molecule has 5 aromatic rings. The molecule has 4 fully saturated rings. The van der Waals surface area contributed by atoms with E-state index < -0.39 is 57.0 Å². The van der Waals surface area contributed by atoms with Crippen molar-refractivity contribution in [2.45, 2.75) is 63.7 Å². The first kappa shape index (κ1) is 45.5. The summed E-state index contributed by atoms with van der Waals surface area (Å²) in [6.45, 7) is 6.59. The largest absolute Gasteiger partial charge is 0.372 e. The molecule has 3 aromatic carbocycles. The van der Waals surface area contributed by atoms with Crippen LogP contribution in [0, 0.1) is 17.6 Å². The normalized spacial score (nSPS) is 20.9. The van der Waals surface area contributed by atoms with Gasteiger partial charge in [0.15, 0.2) is 5.82 Å². The molecule has 68 heavy (non-hydrogen) atoms. The second-order valence-electron chi connectivity index (χ2n) is 18.5. The van der Waals surface area contributed by atoms with Gasteiger partial charge in [-0.1, -0.05) is 12.1 Å². The first-order chi connectivity index (χ1) is 32.8. The lowest BCUT2D eigenvalue weighted by molar-refractivity contribution is -0.136. The van der Waals surface area contributed by atoms with Gasteiger partial charge in [0.1, 0.15) is 23.7 Å². The number of nitrogens with one attached hydrogen (secondary N) is 3. The average molecular weight is 952 g/mol. The van der Waals surface area contributed by atoms with Crippen molar-refractivity contribution in [1.82, 2.24) is 29.4 Å². The number of fused-ring (bicyclic) bond motifs is 2. The van der Waals surface area contributed by atoms with E-state index in [1.807, 2.05) is 29.0 Å². The predicted molar refractivity (Wildman–Crippen MR) is 250 cm³/mol. The lowest BCUT2D eigenvalue weighted by Gasteiger charge is -2.37. The lowest BCUT2D eigenvalue weighted by Crippen LogP contribution is -2.52. The van der Waals surface area contributed by atoms with Gasteiger partial charge in [-0.3, -0.25) is 34.1 Å². The van der Waals surface area contributed by atoms with Crippen LogP contribution >= 0.6 is 0 Å². The number of nitrogens with zero attached hydrogens (tertiary/aromatic N) is 6. The van der Waals surface area contributed by atoms with Gasteiger partial charge in [0.05, 0.1) is 11.3 Å². The molecule has 5 aliphatic heterocycles. The third-order valence-corrected chi connectivity index (χ3v) is 15.8. The minimum absolute atomic E-state index is 0.00600. The highest BCUT2D eigenvalue weighted by Gasteiger charge is 2.40. The molecule has 0 spiro atoms. The number of halogens is 3. The Morgan fingerprint density at radius 1 is 0.838 bits per heavy atom. The molecular formula is C49H52F3N9O6S. The van der Waals surface area contributed by atoms with Crippen LogP contribution in [0.2, 0.25) is 0 Å². The number of imide groups is 1. The first-order valence-electron chi connectivity index (χ1n) is 23.3. The molecule has 19 heteroatoms. The molecular weight excluding hydrogens is 900 g/mol. The number of benzene rings is 3. The topological polar surface area (TPSA) is 171 Å². The predicted octanol–water partition coefficient (Wildman–Crippen LogP) is 6.02. The number of piperazine rings is 1. The number of carbonyl (C=O) groups excluding carboxylic acids is 4. The van der Waals surface area contributed by atoms with Crippen LogP contribution in [-0.2, 0) is 26.3 Å². The average Bonchev–Trinajstić information content (AvgIpc) is 4.07. The van der Waals surface area contributed by atoms with Gasteiger partial charge in [-0.2, -0.15) is 12.7 Å². The van der Waals surface area contributed by atoms with Crippen molar-refractivity contribution in [2.24, 2.45) is 5.92 Å². The summed E-state index contributed by atoms with van der Waals surface area (Å²) in [5, 5.41) is 2.71. The zero-order valence-electron chi connectivity index (χ0n) is 37.4. The van der Waals surface area contributed by atoms with Gasteiger partial charge >= 0.3 is 10.2 Å². The smallest absolute Gasteiger partial charge is 0.301 e. The van der Waals surface area contributed by atoms with E-state index in [0.717, 1.165) is 104 Å². The van der Waals surface area contributed by atoms with E-state index in [9.17, 15) is 32.0 Å². The number of rotatable bonds is 13. The van der Waals surface area contributed by atoms with Gasteiger partial charge in [0, 0.05) is 111 Å². The molecule has 5 aliphatic rings. The summed E-state index contributed by atoms with van der Waals surface area (Å²) in [5.74, 6) is -3.73. The number of hydrogen-bond donors (Lipinski definition) is 3. The Morgan fingerprint density at radius 2 is 1.59 bits per heavy atom. The van der Waals surface area contributed by atoms with Gasteiger partial charge < -0.3 is 19.7 Å². The molecule has 10 rings (SSSR count). The van der Waals surface area contributed by atoms with E-state index in [4.69, 9.17) is 0 Å². The lowest BCUT2D eigenvalue weighted by atomic mass is 9.91. The zero-order valence-corrected chi connectivity index (χ0v) is 38.2. The number of H-pyrrole nitrogens is 1. The van der Waals surface area contributed by atoms with Crippen LogP contribution in [-0.4, -0.2) is 127 Å². The standard InChI is InChI=1S/C49H52F3N9O6S/c50-34-15-19-60(29-34)68(66,67)56-41-10-9-40(51)44(45(41)52)46(63)39-27-54-47-38(39)25-32(26-53-47)31-3-5-35(6-4-31)58-17-13-30(14-18-58)2-1-16-57-20-22-59(23-21-57)36-7-8-37-33(24-36)28-61(49(37)65)42-11-12-43(62)55-48(42)64/h3-10,24-27,30,34,42,56H,1-2,11-23,28-29H2,(H,53,54)(H,55,62,64)/t34-,42?/m1/s1. The second kappa shape index (κ2) is 18.6. The van der Waals surface area contributed by atoms with Crippen LogP contribution in [0.1, 0.15) is 76.8 Å². The number of ketones is 1. The fourth-order valence-electron chi connectivity index (χ4n) is 10.4. The fraction of sp³-hybridized carbons (Fsp3) is 0.408. The van der Waals surface area contributed by atoms with Crippen molar-refractivity contribution in [3.8, 4) is 11.1 Å². The van der Waals surface area contributed by atoms with Crippen LogP contribution in [0.4, 0.5) is 30.2 Å². The Hall–Kier alpha value is -6.31. The van der Waals surface area contributed by atoms with E-state index in [2.05, 4.69) is 48.2 Å². The van der Waals surface area contributed by atoms with Crippen LogP contribution < -0.4 is 19.8 Å². The van der Waals surface area contributed by atoms with E-state index in [-0.39, 0.29) is 43.3 Å². The first-order valence-corrected chi connectivity index (χ1v) is 24.8. The number of piperidine rings is 2. The van der Waals surface area contributed by atoms with Crippen LogP contribution in [0.15, 0.2) is 73.1 Å². The van der Waals surface area contributed by atoms with Crippen LogP contribution in [0.25, 0.3) is 22.2 Å². The summed E-state index contributed by atoms with van der Waals surface area (Å²) in [4.78, 5) is 67.2. The minimum atomic E-state index is -4.35. The van der Waals surface area contributed by atoms with Crippen molar-refractivity contribution in [3.05, 3.63) is 107 Å². The molecule has 3 N–H and O–H groups in total. The van der Waals surface area contributed by atoms with Crippen LogP contribution in [0.3, 0.4) is 0 Å². The molecule has 0 saturated carbocycles. The maximum Gasteiger partial charge on any atom is 0.301 e. The summed E-state index contributed by atoms with van der Waals surface area (Å²) in [6.07, 6.45) is 6.76. The summed E-state index contributed by atoms with van der Waals surface area (Å²) in [6, 6.07) is 16.9. The monoisotopic (exact) mass is 951 g/mol. The molecule has 356 valence electrons. The second-order valence-corrected chi connectivity index (χ2v) is 20.1. The maximum absolute atomic E-state index is 15.8. The SMILES string of the molecule is O=C1CCC(N2Cc3cc(N4CCN(CCCC5CCN(c6ccc(-c7cnc8[nH]cc(C(=O)c9c(F)ccc(NS(=O)(=O)N%10CC[C@@H](F)C%10)c9F)c8c7)cc6)CC5)CC4)ccc3C2=O)C(=O)N1. The molecule has 3 amide bonds. The minimum Gasteiger partial charge on any atom is -0.372 e. The summed E-state index contributed by atoms with van der Waals surface area (Å²) < 4.78 is 73.1. The van der Waals surface area contributed by atoms with Gasteiger partial charge in [0.25, 0.3) is 5.91 Å². The molecule has 15 nitrogen and oxygen atoms in total. The van der Waals surface area contributed by atoms with Gasteiger partial charge in [-0.05, 0) is 111 Å². The Bertz CT molecular complexity index is 2900. The van der Waals surface area contributed by atoms with E-state index in [0.29, 0.717) is 41.0 Å². The van der Waals surface area contributed by atoms with Crippen molar-refractivity contribution in [2.75, 3.05) is 73.4 Å². The zero-order chi connectivity index (χ0) is 47.3. The molecule has 1 unspecified atom stereocenters. The molecule has 2 atom stereocenters. The number of alkyl halides is 1. The number of aromatic amines is 1. The van der Waals surface area contributed by atoms with Gasteiger partial charge in [-0.15, -0.1) is 0 Å². The highest BCUT2D eigenvalue weighted by molar-refractivity contribution is 7.90. The number of amides is 3. The summed E-state index contributed by atoms with van der Waals surface area (Å²) in [5.41, 5.74) is 4.02. The molecule has 0 bridgehead atoms. The Balaban J connectivity index is 0.694. The highest BCUT2D eigenvalue weighted by atomic mass is 32.2. The van der Waals surface area contributed by atoms with E-state index in [1.165, 1.54) is 12.6 Å². The van der Waals surface area contributed by atoms with Crippen LogP contribution in [0.5, 0.6) is 0 Å². The number of carbonyl (C=O) groups is 4. The fourth-order valence-corrected chi connectivity index (χ4v) is 11.6. The van der Waals surface area contributed by atoms with Crippen molar-refractivity contribution >= 4 is 61.8 Å². The Morgan fingerprint density at radius 3 is 2.32 bits per heavy atom. The van der Waals surface area contributed by atoms with Crippen molar-refractivity contribution in [3.63, 3.8) is 0 Å². The third kappa shape index (κ3) is 9.05. The van der Waals surface area contributed by atoms with Gasteiger partial charge in [0.2, 0.25) is 17.6 Å². The molecule has 0 aliphatic carbocycles. The van der Waals surface area contributed by atoms with Crippen molar-refractivity contribution in [1.29, 1.82) is 0 Å².